The Morgan fingerprint density at radius 2 is 1.81 bits per heavy atom. The van der Waals surface area contributed by atoms with Crippen LogP contribution in [-0.2, 0) is 17.1 Å². The molecule has 0 aliphatic carbocycles. The molecular weight excluding hydrogens is 367 g/mol. The molecular formula is C17H24B2FN3O3S. The predicted molar refractivity (Wildman–Crippen MR) is 111 cm³/mol. The highest BCUT2D eigenvalue weighted by Gasteiger charge is 2.25. The van der Waals surface area contributed by atoms with Crippen molar-refractivity contribution in [3.63, 3.8) is 0 Å². The Balaban J connectivity index is 2.37. The lowest BCUT2D eigenvalue weighted by molar-refractivity contribution is 0.101. The molecule has 1 aromatic carbocycles. The highest BCUT2D eigenvalue weighted by molar-refractivity contribution is 7.89. The van der Waals surface area contributed by atoms with Gasteiger partial charge in [0, 0.05) is 24.5 Å². The highest BCUT2D eigenvalue weighted by atomic mass is 32.2. The van der Waals surface area contributed by atoms with Crippen molar-refractivity contribution in [2.75, 3.05) is 5.32 Å². The highest BCUT2D eigenvalue weighted by Crippen LogP contribution is 2.17. The fourth-order valence-electron chi connectivity index (χ4n) is 2.77. The van der Waals surface area contributed by atoms with Gasteiger partial charge in [0.15, 0.2) is 0 Å². The van der Waals surface area contributed by atoms with Crippen molar-refractivity contribution in [2.45, 2.75) is 38.1 Å². The second-order valence-corrected chi connectivity index (χ2v) is 9.46. The van der Waals surface area contributed by atoms with Crippen LogP contribution in [0.3, 0.4) is 0 Å². The molecule has 0 aliphatic rings. The number of halogens is 1. The second kappa shape index (κ2) is 7.16. The summed E-state index contributed by atoms with van der Waals surface area (Å²) in [5.74, 6) is -0.796. The summed E-state index contributed by atoms with van der Waals surface area (Å²) in [6.07, 6.45) is 1.39. The van der Waals surface area contributed by atoms with Gasteiger partial charge in [-0.2, -0.15) is 0 Å². The topological polar surface area (TPSA) is 80.2 Å². The van der Waals surface area contributed by atoms with E-state index in [1.54, 1.807) is 50.4 Å². The summed E-state index contributed by atoms with van der Waals surface area (Å²) in [7, 11) is 1.28. The average molecular weight is 391 g/mol. The van der Waals surface area contributed by atoms with Gasteiger partial charge in [0.1, 0.15) is 32.1 Å². The Labute approximate surface area is 161 Å². The Morgan fingerprint density at radius 3 is 2.37 bits per heavy atom. The van der Waals surface area contributed by atoms with Crippen LogP contribution < -0.4 is 21.0 Å². The number of hydrogen-bond donors (Lipinski definition) is 2. The molecule has 1 aromatic heterocycles. The summed E-state index contributed by atoms with van der Waals surface area (Å²) in [6.45, 7) is 6.86. The Hall–Kier alpha value is -2.06. The minimum atomic E-state index is -3.76. The lowest BCUT2D eigenvalue weighted by Gasteiger charge is -2.19. The zero-order valence-corrected chi connectivity index (χ0v) is 17.5. The molecule has 0 radical (unpaired) electrons. The zero-order valence-electron chi connectivity index (χ0n) is 16.7. The van der Waals surface area contributed by atoms with E-state index < -0.39 is 21.5 Å². The molecule has 0 bridgehead atoms. The van der Waals surface area contributed by atoms with E-state index in [-0.39, 0.29) is 16.4 Å². The minimum absolute atomic E-state index is 0.00815. The fourth-order valence-corrected chi connectivity index (χ4v) is 4.26. The van der Waals surface area contributed by atoms with Gasteiger partial charge in [-0.3, -0.25) is 4.79 Å². The molecule has 0 spiro atoms. The van der Waals surface area contributed by atoms with Gasteiger partial charge in [0.2, 0.25) is 10.0 Å². The number of benzene rings is 1. The first kappa shape index (κ1) is 21.2. The van der Waals surface area contributed by atoms with Crippen LogP contribution in [0.15, 0.2) is 23.2 Å². The van der Waals surface area contributed by atoms with Crippen LogP contribution in [0.2, 0.25) is 0 Å². The third kappa shape index (κ3) is 4.62. The molecule has 0 saturated heterocycles. The maximum atomic E-state index is 13.8. The van der Waals surface area contributed by atoms with Crippen molar-refractivity contribution in [3.05, 3.63) is 35.4 Å². The normalized spacial score (nSPS) is 12.2. The van der Waals surface area contributed by atoms with Gasteiger partial charge in [-0.15, -0.1) is 0 Å². The van der Waals surface area contributed by atoms with E-state index in [0.29, 0.717) is 22.2 Å². The van der Waals surface area contributed by atoms with Crippen LogP contribution in [0.1, 0.15) is 36.8 Å². The number of carbonyl (C=O) groups is 1. The molecule has 2 N–H and O–H groups in total. The summed E-state index contributed by atoms with van der Waals surface area (Å²) in [5.41, 5.74) is 1.76. The van der Waals surface area contributed by atoms with Crippen LogP contribution in [0.5, 0.6) is 0 Å². The van der Waals surface area contributed by atoms with Gasteiger partial charge in [-0.25, -0.2) is 17.5 Å². The number of aryl methyl sites for hydroxylation is 1. The first-order chi connectivity index (χ1) is 12.2. The molecule has 27 heavy (non-hydrogen) atoms. The van der Waals surface area contributed by atoms with Gasteiger partial charge in [-0.1, -0.05) is 10.9 Å². The van der Waals surface area contributed by atoms with Crippen molar-refractivity contribution in [1.29, 1.82) is 0 Å². The minimum Gasteiger partial charge on any atom is -0.345 e. The van der Waals surface area contributed by atoms with Crippen molar-refractivity contribution in [2.24, 2.45) is 7.05 Å². The molecule has 0 atom stereocenters. The number of rotatable bonds is 4. The van der Waals surface area contributed by atoms with Crippen LogP contribution in [-0.4, -0.2) is 40.1 Å². The summed E-state index contributed by atoms with van der Waals surface area (Å²) in [5, 5.41) is 2.78. The van der Waals surface area contributed by atoms with Gasteiger partial charge < -0.3 is 9.88 Å². The van der Waals surface area contributed by atoms with E-state index in [4.69, 9.17) is 0 Å². The Kier molecular flexibility index (Phi) is 5.63. The van der Waals surface area contributed by atoms with Crippen LogP contribution >= 0.6 is 0 Å². The standard InChI is InChI=1S/C17H24B2FN3O3S/c1-9-12(20)7-11(18)15(14(9)19)21-16(24)13-6-10(8-23(13)5)27(25,26)22-17(2,3)4/h6-8,22H,18-19H2,1-5H3,(H,21,24). The Bertz CT molecular complexity index is 1010. The molecule has 6 nitrogen and oxygen atoms in total. The van der Waals surface area contributed by atoms with E-state index in [1.807, 2.05) is 0 Å². The lowest BCUT2D eigenvalue weighted by Crippen LogP contribution is -2.40. The number of amides is 1. The number of carbonyl (C=O) groups excluding carboxylic acids is 1. The van der Waals surface area contributed by atoms with Gasteiger partial charge >= 0.3 is 0 Å². The van der Waals surface area contributed by atoms with Crippen molar-refractivity contribution in [3.8, 4) is 0 Å². The SMILES string of the molecule is Bc1cc(F)c(C)c(B)c1NC(=O)c1cc(S(=O)(=O)NC(C)(C)C)cn1C. The summed E-state index contributed by atoms with van der Waals surface area (Å²) in [6, 6.07) is 2.69. The molecule has 2 rings (SSSR count). The van der Waals surface area contributed by atoms with Gasteiger partial charge in [0.05, 0.1) is 0 Å². The maximum absolute atomic E-state index is 13.8. The fraction of sp³-hybridized carbons (Fsp3) is 0.353. The van der Waals surface area contributed by atoms with Gasteiger partial charge in [0.25, 0.3) is 5.91 Å². The molecule has 0 unspecified atom stereocenters. The Morgan fingerprint density at radius 1 is 1.22 bits per heavy atom. The number of anilines is 1. The number of nitrogens with one attached hydrogen (secondary N) is 2. The summed E-state index contributed by atoms with van der Waals surface area (Å²) < 4.78 is 42.8. The monoisotopic (exact) mass is 391 g/mol. The van der Waals surface area contributed by atoms with Gasteiger partial charge in [-0.05, 0) is 45.4 Å². The van der Waals surface area contributed by atoms with E-state index in [2.05, 4.69) is 10.0 Å². The zero-order chi connectivity index (χ0) is 20.7. The number of sulfonamides is 1. The van der Waals surface area contributed by atoms with E-state index in [0.717, 1.165) is 0 Å². The quantitative estimate of drug-likeness (QED) is 0.678. The van der Waals surface area contributed by atoms with E-state index >= 15 is 0 Å². The lowest BCUT2D eigenvalue weighted by atomic mass is 9.81. The molecule has 2 aromatic rings. The molecule has 10 heteroatoms. The second-order valence-electron chi connectivity index (χ2n) is 7.78. The molecule has 1 amide bonds. The maximum Gasteiger partial charge on any atom is 0.272 e. The predicted octanol–water partition coefficient (Wildman–Crippen LogP) is -0.681. The molecule has 1 heterocycles. The number of nitrogens with zero attached hydrogens (tertiary/aromatic N) is 1. The number of hydrogen-bond acceptors (Lipinski definition) is 3. The first-order valence-corrected chi connectivity index (χ1v) is 9.99. The summed E-state index contributed by atoms with van der Waals surface area (Å²) >= 11 is 0. The van der Waals surface area contributed by atoms with Crippen molar-refractivity contribution >= 4 is 48.2 Å². The van der Waals surface area contributed by atoms with Crippen LogP contribution in [0.25, 0.3) is 0 Å². The third-order valence-electron chi connectivity index (χ3n) is 4.24. The van der Waals surface area contributed by atoms with Crippen molar-refractivity contribution < 1.29 is 17.6 Å². The average Bonchev–Trinajstić information content (AvgIpc) is 2.90. The van der Waals surface area contributed by atoms with Crippen LogP contribution in [0, 0.1) is 12.7 Å². The smallest absolute Gasteiger partial charge is 0.272 e. The first-order valence-electron chi connectivity index (χ1n) is 8.51. The molecule has 144 valence electrons. The third-order valence-corrected chi connectivity index (χ3v) is 5.96. The summed E-state index contributed by atoms with van der Waals surface area (Å²) in [4.78, 5) is 12.7. The molecule has 0 aliphatic heterocycles. The number of aromatic nitrogens is 1. The van der Waals surface area contributed by atoms with Crippen LogP contribution in [0.4, 0.5) is 10.1 Å². The largest absolute Gasteiger partial charge is 0.345 e. The van der Waals surface area contributed by atoms with E-state index in [9.17, 15) is 17.6 Å². The molecule has 0 fully saturated rings. The molecule has 0 saturated carbocycles. The van der Waals surface area contributed by atoms with E-state index in [1.165, 1.54) is 22.9 Å². The van der Waals surface area contributed by atoms with Crippen molar-refractivity contribution in [1.82, 2.24) is 9.29 Å².